The lowest BCUT2D eigenvalue weighted by molar-refractivity contribution is -0.133. The summed E-state index contributed by atoms with van der Waals surface area (Å²) >= 11 is 1.36. The van der Waals surface area contributed by atoms with Gasteiger partial charge in [-0.05, 0) is 23.8 Å². The van der Waals surface area contributed by atoms with Crippen LogP contribution in [0.25, 0.3) is 22.9 Å². The van der Waals surface area contributed by atoms with Crippen molar-refractivity contribution in [3.63, 3.8) is 0 Å². The average Bonchev–Trinajstić information content (AvgIpc) is 3.11. The van der Waals surface area contributed by atoms with Gasteiger partial charge in [0, 0.05) is 10.9 Å². The molecule has 2 aromatic carbocycles. The third-order valence-corrected chi connectivity index (χ3v) is 4.27. The van der Waals surface area contributed by atoms with Crippen molar-refractivity contribution in [1.29, 1.82) is 0 Å². The van der Waals surface area contributed by atoms with E-state index in [1.807, 2.05) is 35.7 Å². The molecule has 0 amide bonds. The molecule has 0 aliphatic rings. The lowest BCUT2D eigenvalue weighted by Crippen LogP contribution is -2.03. The summed E-state index contributed by atoms with van der Waals surface area (Å²) < 4.78 is 17.9. The van der Waals surface area contributed by atoms with Crippen LogP contribution in [-0.4, -0.2) is 18.1 Å². The number of nitrogens with zero attached hydrogens (tertiary/aromatic N) is 1. The Bertz CT molecular complexity index is 870. The zero-order valence-corrected chi connectivity index (χ0v) is 13.7. The van der Waals surface area contributed by atoms with Gasteiger partial charge in [0.1, 0.15) is 10.8 Å². The number of benzene rings is 2. The van der Waals surface area contributed by atoms with Crippen LogP contribution in [0.1, 0.15) is 10.6 Å². The summed E-state index contributed by atoms with van der Waals surface area (Å²) in [5.74, 6) is -0.805. The first-order chi connectivity index (χ1) is 11.7. The standard InChI is InChI=1S/C19H14FNO2S/c1-23-19(22)16(11-13-7-9-15(20)10-8-13)18-21-17(12-24-18)14-5-3-2-4-6-14/h2-12H,1H3/b16-11-. The molecule has 0 saturated carbocycles. The van der Waals surface area contributed by atoms with Gasteiger partial charge in [-0.15, -0.1) is 11.3 Å². The van der Waals surface area contributed by atoms with Crippen LogP contribution < -0.4 is 0 Å². The number of hydrogen-bond acceptors (Lipinski definition) is 4. The first-order valence-electron chi connectivity index (χ1n) is 7.24. The minimum Gasteiger partial charge on any atom is -0.465 e. The van der Waals surface area contributed by atoms with Gasteiger partial charge in [0.25, 0.3) is 0 Å². The molecule has 3 rings (SSSR count). The average molecular weight is 339 g/mol. The molecule has 0 aliphatic carbocycles. The molecule has 24 heavy (non-hydrogen) atoms. The van der Waals surface area contributed by atoms with E-state index in [1.54, 1.807) is 18.2 Å². The van der Waals surface area contributed by atoms with Gasteiger partial charge in [0.2, 0.25) is 0 Å². The number of thiazole rings is 1. The number of methoxy groups -OCH3 is 1. The number of rotatable bonds is 4. The highest BCUT2D eigenvalue weighted by Gasteiger charge is 2.17. The van der Waals surface area contributed by atoms with Crippen LogP contribution in [0.4, 0.5) is 4.39 Å². The van der Waals surface area contributed by atoms with Gasteiger partial charge in [0.05, 0.1) is 18.4 Å². The lowest BCUT2D eigenvalue weighted by Gasteiger charge is -2.03. The maximum atomic E-state index is 13.0. The van der Waals surface area contributed by atoms with Gasteiger partial charge >= 0.3 is 5.97 Å². The van der Waals surface area contributed by atoms with Crippen LogP contribution in [0, 0.1) is 5.82 Å². The molecular weight excluding hydrogens is 325 g/mol. The molecule has 3 nitrogen and oxygen atoms in total. The summed E-state index contributed by atoms with van der Waals surface area (Å²) in [6.45, 7) is 0. The number of aromatic nitrogens is 1. The summed E-state index contributed by atoms with van der Waals surface area (Å²) in [5.41, 5.74) is 2.82. The highest BCUT2D eigenvalue weighted by atomic mass is 32.1. The van der Waals surface area contributed by atoms with E-state index in [2.05, 4.69) is 4.98 Å². The van der Waals surface area contributed by atoms with Gasteiger partial charge in [-0.25, -0.2) is 14.2 Å². The van der Waals surface area contributed by atoms with Gasteiger partial charge in [-0.2, -0.15) is 0 Å². The molecule has 1 heterocycles. The minimum atomic E-state index is -0.478. The van der Waals surface area contributed by atoms with Gasteiger partial charge in [-0.3, -0.25) is 0 Å². The van der Waals surface area contributed by atoms with Crippen LogP contribution in [0.3, 0.4) is 0 Å². The molecule has 0 aliphatic heterocycles. The summed E-state index contributed by atoms with van der Waals surface area (Å²) in [7, 11) is 1.33. The Kier molecular flexibility index (Phi) is 4.82. The zero-order chi connectivity index (χ0) is 16.9. The summed E-state index contributed by atoms with van der Waals surface area (Å²) in [6.07, 6.45) is 1.65. The normalized spacial score (nSPS) is 11.3. The Morgan fingerprint density at radius 2 is 1.83 bits per heavy atom. The number of hydrogen-bond donors (Lipinski definition) is 0. The fraction of sp³-hybridized carbons (Fsp3) is 0.0526. The Morgan fingerprint density at radius 1 is 1.12 bits per heavy atom. The summed E-state index contributed by atoms with van der Waals surface area (Å²) in [6, 6.07) is 15.6. The first-order valence-corrected chi connectivity index (χ1v) is 8.12. The Labute approximate surface area is 143 Å². The van der Waals surface area contributed by atoms with E-state index in [9.17, 15) is 9.18 Å². The van der Waals surface area contributed by atoms with Crippen LogP contribution in [0.5, 0.6) is 0 Å². The summed E-state index contributed by atoms with van der Waals surface area (Å²) in [4.78, 5) is 16.7. The fourth-order valence-corrected chi connectivity index (χ4v) is 3.01. The number of carbonyl (C=O) groups is 1. The van der Waals surface area contributed by atoms with E-state index >= 15 is 0 Å². The molecule has 0 N–H and O–H groups in total. The van der Waals surface area contributed by atoms with Crippen molar-refractivity contribution < 1.29 is 13.9 Å². The van der Waals surface area contributed by atoms with E-state index < -0.39 is 5.97 Å². The topological polar surface area (TPSA) is 39.2 Å². The fourth-order valence-electron chi connectivity index (χ4n) is 2.18. The maximum absolute atomic E-state index is 13.0. The van der Waals surface area contributed by atoms with Crippen molar-refractivity contribution in [2.45, 2.75) is 0 Å². The molecule has 0 atom stereocenters. The molecule has 1 aromatic heterocycles. The molecule has 0 spiro atoms. The van der Waals surface area contributed by atoms with Crippen molar-refractivity contribution in [1.82, 2.24) is 4.98 Å². The molecule has 0 radical (unpaired) electrons. The third-order valence-electron chi connectivity index (χ3n) is 3.39. The van der Waals surface area contributed by atoms with Crippen LogP contribution in [0.2, 0.25) is 0 Å². The quantitative estimate of drug-likeness (QED) is 0.512. The molecule has 0 fully saturated rings. The minimum absolute atomic E-state index is 0.326. The van der Waals surface area contributed by atoms with Gasteiger partial charge < -0.3 is 4.74 Å². The number of carbonyl (C=O) groups excluding carboxylic acids is 1. The number of ether oxygens (including phenoxy) is 1. The van der Waals surface area contributed by atoms with Crippen molar-refractivity contribution in [3.05, 3.63) is 76.4 Å². The van der Waals surface area contributed by atoms with E-state index in [0.717, 1.165) is 11.3 Å². The molecule has 0 bridgehead atoms. The van der Waals surface area contributed by atoms with Gasteiger partial charge in [-0.1, -0.05) is 42.5 Å². The van der Waals surface area contributed by atoms with E-state index in [1.165, 1.54) is 30.6 Å². The van der Waals surface area contributed by atoms with Crippen LogP contribution in [0.15, 0.2) is 60.0 Å². The predicted molar refractivity (Wildman–Crippen MR) is 93.8 cm³/mol. The van der Waals surface area contributed by atoms with Crippen molar-refractivity contribution >= 4 is 29.0 Å². The molecule has 3 aromatic rings. The largest absolute Gasteiger partial charge is 0.465 e. The van der Waals surface area contributed by atoms with Crippen molar-refractivity contribution in [3.8, 4) is 11.3 Å². The van der Waals surface area contributed by atoms with Crippen molar-refractivity contribution in [2.75, 3.05) is 7.11 Å². The van der Waals surface area contributed by atoms with E-state index in [0.29, 0.717) is 16.1 Å². The second-order valence-electron chi connectivity index (χ2n) is 5.01. The lowest BCUT2D eigenvalue weighted by atomic mass is 10.1. The van der Waals surface area contributed by atoms with Crippen molar-refractivity contribution in [2.24, 2.45) is 0 Å². The SMILES string of the molecule is COC(=O)/C(=C\c1ccc(F)cc1)c1nc(-c2ccccc2)cs1. The predicted octanol–water partition coefficient (Wildman–Crippen LogP) is 4.66. The monoisotopic (exact) mass is 339 g/mol. The second kappa shape index (κ2) is 7.19. The number of halogens is 1. The van der Waals surface area contributed by atoms with Gasteiger partial charge in [0.15, 0.2) is 0 Å². The first kappa shape index (κ1) is 16.1. The highest BCUT2D eigenvalue weighted by Crippen LogP contribution is 2.28. The maximum Gasteiger partial charge on any atom is 0.340 e. The smallest absolute Gasteiger partial charge is 0.340 e. The highest BCUT2D eigenvalue weighted by molar-refractivity contribution is 7.11. The molecular formula is C19H14FNO2S. The Balaban J connectivity index is 2.00. The summed E-state index contributed by atoms with van der Waals surface area (Å²) in [5, 5.41) is 2.46. The molecule has 5 heteroatoms. The van der Waals surface area contributed by atoms with E-state index in [-0.39, 0.29) is 5.82 Å². The molecule has 0 unspecified atom stereocenters. The molecule has 0 saturated heterocycles. The Morgan fingerprint density at radius 3 is 2.50 bits per heavy atom. The second-order valence-corrected chi connectivity index (χ2v) is 5.86. The van der Waals surface area contributed by atoms with Crippen LogP contribution >= 0.6 is 11.3 Å². The molecule has 120 valence electrons. The third kappa shape index (κ3) is 3.58. The van der Waals surface area contributed by atoms with E-state index in [4.69, 9.17) is 4.74 Å². The number of esters is 1. The van der Waals surface area contributed by atoms with Crippen LogP contribution in [-0.2, 0) is 9.53 Å². The Hall–Kier alpha value is -2.79. The zero-order valence-electron chi connectivity index (χ0n) is 12.9.